The van der Waals surface area contributed by atoms with Gasteiger partial charge in [0.1, 0.15) is 12.0 Å². The SMILES string of the molecule is COC(=O)[C@H]1[C@H](N)[C@@H](O)[C@@H](O)[C@@H]1O. The van der Waals surface area contributed by atoms with E-state index in [1.54, 1.807) is 0 Å². The predicted octanol–water partition coefficient (Wildman–Crippen LogP) is -2.80. The number of methoxy groups -OCH3 is 1. The highest BCUT2D eigenvalue weighted by Crippen LogP contribution is 2.26. The minimum atomic E-state index is -1.39. The fraction of sp³-hybridized carbons (Fsp3) is 0.857. The van der Waals surface area contributed by atoms with Crippen LogP contribution in [-0.2, 0) is 9.53 Å². The Balaban J connectivity index is 2.81. The summed E-state index contributed by atoms with van der Waals surface area (Å²) in [6, 6.07) is -0.988. The zero-order chi connectivity index (χ0) is 10.2. The fourth-order valence-corrected chi connectivity index (χ4v) is 1.51. The van der Waals surface area contributed by atoms with Crippen molar-refractivity contribution < 1.29 is 24.9 Å². The summed E-state index contributed by atoms with van der Waals surface area (Å²) in [5.41, 5.74) is 5.41. The molecule has 1 saturated carbocycles. The van der Waals surface area contributed by atoms with E-state index >= 15 is 0 Å². The Labute approximate surface area is 74.9 Å². The molecule has 0 amide bonds. The quantitative estimate of drug-likeness (QED) is 0.333. The van der Waals surface area contributed by atoms with Crippen LogP contribution >= 0.6 is 0 Å². The highest BCUT2D eigenvalue weighted by molar-refractivity contribution is 5.74. The van der Waals surface area contributed by atoms with E-state index in [1.165, 1.54) is 0 Å². The van der Waals surface area contributed by atoms with Crippen LogP contribution < -0.4 is 5.73 Å². The van der Waals surface area contributed by atoms with Crippen LogP contribution in [-0.4, -0.2) is 52.8 Å². The van der Waals surface area contributed by atoms with Gasteiger partial charge in [0.15, 0.2) is 0 Å². The monoisotopic (exact) mass is 191 g/mol. The molecule has 1 aliphatic carbocycles. The van der Waals surface area contributed by atoms with Crippen molar-refractivity contribution in [2.45, 2.75) is 24.4 Å². The van der Waals surface area contributed by atoms with Crippen LogP contribution in [0.25, 0.3) is 0 Å². The molecule has 5 N–H and O–H groups in total. The molecule has 0 aliphatic heterocycles. The molecule has 0 unspecified atom stereocenters. The van der Waals surface area contributed by atoms with Crippen molar-refractivity contribution in [1.82, 2.24) is 0 Å². The Hall–Kier alpha value is -0.690. The van der Waals surface area contributed by atoms with Gasteiger partial charge >= 0.3 is 5.97 Å². The number of aliphatic hydroxyl groups excluding tert-OH is 3. The van der Waals surface area contributed by atoms with Gasteiger partial charge in [0.2, 0.25) is 0 Å². The molecule has 0 radical (unpaired) electrons. The van der Waals surface area contributed by atoms with E-state index in [0.717, 1.165) is 7.11 Å². The number of rotatable bonds is 1. The van der Waals surface area contributed by atoms with Gasteiger partial charge in [0.05, 0.1) is 19.3 Å². The maximum absolute atomic E-state index is 11.0. The average Bonchev–Trinajstić information content (AvgIpc) is 2.30. The second-order valence-electron chi connectivity index (χ2n) is 3.10. The highest BCUT2D eigenvalue weighted by atomic mass is 16.5. The lowest BCUT2D eigenvalue weighted by atomic mass is 10.0. The van der Waals surface area contributed by atoms with Crippen molar-refractivity contribution in [2.75, 3.05) is 7.11 Å². The second-order valence-corrected chi connectivity index (χ2v) is 3.10. The molecular formula is C7H13NO5. The highest BCUT2D eigenvalue weighted by Gasteiger charge is 2.51. The van der Waals surface area contributed by atoms with Crippen molar-refractivity contribution in [3.05, 3.63) is 0 Å². The minimum absolute atomic E-state index is 0.726. The van der Waals surface area contributed by atoms with Crippen LogP contribution in [0.5, 0.6) is 0 Å². The lowest BCUT2D eigenvalue weighted by Gasteiger charge is -2.15. The second kappa shape index (κ2) is 3.59. The summed E-state index contributed by atoms with van der Waals surface area (Å²) in [6.07, 6.45) is -4.05. The van der Waals surface area contributed by atoms with E-state index in [0.29, 0.717) is 0 Å². The molecular weight excluding hydrogens is 178 g/mol. The fourth-order valence-electron chi connectivity index (χ4n) is 1.51. The maximum atomic E-state index is 11.0. The molecule has 6 nitrogen and oxygen atoms in total. The normalized spacial score (nSPS) is 44.8. The first-order valence-electron chi connectivity index (χ1n) is 3.88. The third-order valence-corrected chi connectivity index (χ3v) is 2.35. The summed E-state index contributed by atoms with van der Waals surface area (Å²) in [7, 11) is 1.15. The van der Waals surface area contributed by atoms with Crippen molar-refractivity contribution >= 4 is 5.97 Å². The Bertz CT molecular complexity index is 195. The number of hydrogen-bond donors (Lipinski definition) is 4. The number of aliphatic hydroxyl groups is 3. The van der Waals surface area contributed by atoms with Gasteiger partial charge in [-0.3, -0.25) is 4.79 Å². The largest absolute Gasteiger partial charge is 0.469 e. The standard InChI is InChI=1S/C7H13NO5/c1-13-7(12)2-3(8)5(10)6(11)4(2)9/h2-6,9-11H,8H2,1H3/t2-,3-,4+,5+,6-/m0/s1. The van der Waals surface area contributed by atoms with Gasteiger partial charge in [0.25, 0.3) is 0 Å². The van der Waals surface area contributed by atoms with Gasteiger partial charge in [-0.1, -0.05) is 0 Å². The van der Waals surface area contributed by atoms with Crippen molar-refractivity contribution in [3.63, 3.8) is 0 Å². The topological polar surface area (TPSA) is 113 Å². The molecule has 0 saturated heterocycles. The van der Waals surface area contributed by atoms with Crippen LogP contribution in [0.15, 0.2) is 0 Å². The zero-order valence-electron chi connectivity index (χ0n) is 7.12. The first-order valence-corrected chi connectivity index (χ1v) is 3.88. The summed E-state index contributed by atoms with van der Waals surface area (Å²) >= 11 is 0. The first-order chi connectivity index (χ1) is 6.00. The number of carbonyl (C=O) groups is 1. The van der Waals surface area contributed by atoms with E-state index < -0.39 is 36.2 Å². The zero-order valence-corrected chi connectivity index (χ0v) is 7.12. The average molecular weight is 191 g/mol. The molecule has 1 fully saturated rings. The lowest BCUT2D eigenvalue weighted by molar-refractivity contribution is -0.150. The van der Waals surface area contributed by atoms with Crippen LogP contribution in [0.3, 0.4) is 0 Å². The smallest absolute Gasteiger partial charge is 0.313 e. The molecule has 0 heterocycles. The van der Waals surface area contributed by atoms with Crippen molar-refractivity contribution in [1.29, 1.82) is 0 Å². The van der Waals surface area contributed by atoms with Gasteiger partial charge in [-0.25, -0.2) is 0 Å². The van der Waals surface area contributed by atoms with Crippen LogP contribution in [0, 0.1) is 5.92 Å². The van der Waals surface area contributed by atoms with Gasteiger partial charge in [0, 0.05) is 6.04 Å². The summed E-state index contributed by atoms with van der Waals surface area (Å²) in [5, 5.41) is 27.7. The Morgan fingerprint density at radius 3 is 2.08 bits per heavy atom. The van der Waals surface area contributed by atoms with Gasteiger partial charge < -0.3 is 25.8 Å². The third kappa shape index (κ3) is 1.53. The lowest BCUT2D eigenvalue weighted by Crippen LogP contribution is -2.41. The van der Waals surface area contributed by atoms with E-state index in [4.69, 9.17) is 10.8 Å². The van der Waals surface area contributed by atoms with Crippen molar-refractivity contribution in [3.8, 4) is 0 Å². The van der Waals surface area contributed by atoms with Crippen LogP contribution in [0.4, 0.5) is 0 Å². The van der Waals surface area contributed by atoms with Gasteiger partial charge in [-0.05, 0) is 0 Å². The first kappa shape index (κ1) is 10.4. The van der Waals surface area contributed by atoms with Gasteiger partial charge in [-0.15, -0.1) is 0 Å². The summed E-state index contributed by atoms with van der Waals surface area (Å²) in [4.78, 5) is 11.0. The Kier molecular flexibility index (Phi) is 2.87. The maximum Gasteiger partial charge on any atom is 0.313 e. The van der Waals surface area contributed by atoms with Crippen molar-refractivity contribution in [2.24, 2.45) is 11.7 Å². The molecule has 13 heavy (non-hydrogen) atoms. The van der Waals surface area contributed by atoms with E-state index in [2.05, 4.69) is 4.74 Å². The molecule has 1 aliphatic rings. The number of esters is 1. The molecule has 0 bridgehead atoms. The Morgan fingerprint density at radius 2 is 1.77 bits per heavy atom. The van der Waals surface area contributed by atoms with Crippen LogP contribution in [0.2, 0.25) is 0 Å². The molecule has 0 aromatic carbocycles. The molecule has 1 rings (SSSR count). The Morgan fingerprint density at radius 1 is 1.23 bits per heavy atom. The molecule has 0 aromatic rings. The molecule has 76 valence electrons. The molecule has 5 atom stereocenters. The summed E-state index contributed by atoms with van der Waals surface area (Å²) in [6.45, 7) is 0. The van der Waals surface area contributed by atoms with E-state index in [-0.39, 0.29) is 0 Å². The molecule has 0 aromatic heterocycles. The number of carbonyl (C=O) groups excluding carboxylic acids is 1. The number of hydrogen-bond acceptors (Lipinski definition) is 6. The molecule has 6 heteroatoms. The van der Waals surface area contributed by atoms with Crippen LogP contribution in [0.1, 0.15) is 0 Å². The summed E-state index contributed by atoms with van der Waals surface area (Å²) in [5.74, 6) is -1.79. The molecule has 0 spiro atoms. The third-order valence-electron chi connectivity index (χ3n) is 2.35. The summed E-state index contributed by atoms with van der Waals surface area (Å²) < 4.78 is 4.37. The van der Waals surface area contributed by atoms with E-state index in [9.17, 15) is 15.0 Å². The van der Waals surface area contributed by atoms with Gasteiger partial charge in [-0.2, -0.15) is 0 Å². The number of nitrogens with two attached hydrogens (primary N) is 1. The minimum Gasteiger partial charge on any atom is -0.469 e. The predicted molar refractivity (Wildman–Crippen MR) is 41.5 cm³/mol. The van der Waals surface area contributed by atoms with E-state index in [1.807, 2.05) is 0 Å². The number of ether oxygens (including phenoxy) is 1.